The van der Waals surface area contributed by atoms with E-state index < -0.39 is 5.97 Å². The van der Waals surface area contributed by atoms with Crippen LogP contribution >= 0.6 is 12.4 Å². The second kappa shape index (κ2) is 9.30. The number of aromatic nitrogens is 2. The van der Waals surface area contributed by atoms with Gasteiger partial charge in [-0.2, -0.15) is 4.57 Å². The van der Waals surface area contributed by atoms with E-state index in [0.717, 1.165) is 0 Å². The van der Waals surface area contributed by atoms with Crippen molar-refractivity contribution >= 4 is 18.4 Å². The average molecular weight is 255 g/mol. The highest BCUT2D eigenvalue weighted by Crippen LogP contribution is 1.76. The van der Waals surface area contributed by atoms with Crippen molar-refractivity contribution in [3.63, 3.8) is 0 Å². The van der Waals surface area contributed by atoms with Crippen LogP contribution in [-0.4, -0.2) is 11.1 Å². The van der Waals surface area contributed by atoms with Crippen LogP contribution in [0.4, 0.5) is 0 Å². The fourth-order valence-corrected chi connectivity index (χ4v) is 1.04. The molecule has 17 heavy (non-hydrogen) atoms. The minimum atomic E-state index is -0.823. The number of nitrogens with one attached hydrogen (secondary N) is 1. The first-order chi connectivity index (χ1) is 7.79. The van der Waals surface area contributed by atoms with Crippen LogP contribution in [0.5, 0.6) is 0 Å². The summed E-state index contributed by atoms with van der Waals surface area (Å²) in [5.41, 5.74) is 0. The molecule has 0 radical (unpaired) electrons. The molecule has 0 unspecified atom stereocenters. The summed E-state index contributed by atoms with van der Waals surface area (Å²) in [4.78, 5) is 13.0. The largest absolute Gasteiger partial charge is 0.477 e. The second-order valence-corrected chi connectivity index (χ2v) is 3.02. The van der Waals surface area contributed by atoms with Crippen molar-refractivity contribution in [3.05, 3.63) is 61.2 Å². The Bertz CT molecular complexity index is 383. The summed E-state index contributed by atoms with van der Waals surface area (Å²) in [5.74, 6) is -0.823. The number of carboxylic acids is 1. The Hall–Kier alpha value is -1.94. The van der Waals surface area contributed by atoms with Gasteiger partial charge in [0.05, 0.1) is 0 Å². The molecule has 0 atom stereocenters. The maximum absolute atomic E-state index is 10.1. The predicted molar refractivity (Wildman–Crippen MR) is 64.5 cm³/mol. The van der Waals surface area contributed by atoms with E-state index in [1.165, 1.54) is 0 Å². The minimum Gasteiger partial charge on any atom is -0.477 e. The summed E-state index contributed by atoms with van der Waals surface area (Å²) in [5, 5.41) is 8.35. The summed E-state index contributed by atoms with van der Waals surface area (Å²) in [7, 11) is 0. The first-order valence-corrected chi connectivity index (χ1v) is 4.86. The molecule has 0 aliphatic carbocycles. The number of rotatable bonds is 2. The van der Waals surface area contributed by atoms with Gasteiger partial charge in [-0.15, -0.1) is 12.4 Å². The standard InChI is InChI=1S/C7H7NO2.C5H5N.ClH/c9-7(10)6-8-4-2-1-3-5-8;1-2-4-6-5-3-1;/h1-5H,6H2;1-5H;1H/p+2. The third-order valence-corrected chi connectivity index (χ3v) is 1.70. The number of hydrogen-bond donors (Lipinski definition) is 1. The van der Waals surface area contributed by atoms with Gasteiger partial charge < -0.3 is 5.11 Å². The molecule has 0 saturated carbocycles. The molecule has 0 aromatic carbocycles. The Morgan fingerprint density at radius 2 is 1.53 bits per heavy atom. The molecule has 0 saturated heterocycles. The van der Waals surface area contributed by atoms with Crippen LogP contribution in [0.15, 0.2) is 61.2 Å². The monoisotopic (exact) mass is 254 g/mol. The summed E-state index contributed by atoms with van der Waals surface area (Å²) in [6.45, 7) is 0.0286. The highest BCUT2D eigenvalue weighted by Gasteiger charge is 2.03. The van der Waals surface area contributed by atoms with Crippen LogP contribution in [0.25, 0.3) is 0 Å². The Kier molecular flexibility index (Phi) is 8.24. The number of aromatic amines is 1. The van der Waals surface area contributed by atoms with Crippen LogP contribution in [0, 0.1) is 0 Å². The molecule has 2 N–H and O–H groups in total. The number of pyridine rings is 2. The number of H-pyrrole nitrogens is 1. The summed E-state index contributed by atoms with van der Waals surface area (Å²) >= 11 is 0. The van der Waals surface area contributed by atoms with Crippen LogP contribution in [0.3, 0.4) is 0 Å². The zero-order valence-corrected chi connectivity index (χ0v) is 10.0. The number of nitrogens with zero attached hydrogens (tertiary/aromatic N) is 1. The van der Waals surface area contributed by atoms with Gasteiger partial charge in [0.2, 0.25) is 6.54 Å². The van der Waals surface area contributed by atoms with E-state index in [2.05, 4.69) is 4.98 Å². The predicted octanol–water partition coefficient (Wildman–Crippen LogP) is 0.981. The van der Waals surface area contributed by atoms with Gasteiger partial charge in [0.15, 0.2) is 24.8 Å². The van der Waals surface area contributed by atoms with Crippen molar-refractivity contribution in [2.45, 2.75) is 6.54 Å². The van der Waals surface area contributed by atoms with Gasteiger partial charge in [0.1, 0.15) is 0 Å². The second-order valence-electron chi connectivity index (χ2n) is 3.02. The molecular formula is C12H15ClN2O2+2. The van der Waals surface area contributed by atoms with Crippen molar-refractivity contribution < 1.29 is 19.5 Å². The van der Waals surface area contributed by atoms with Crippen molar-refractivity contribution in [2.24, 2.45) is 0 Å². The number of carboxylic acid groups (broad SMARTS) is 1. The van der Waals surface area contributed by atoms with E-state index in [1.54, 1.807) is 29.1 Å². The Labute approximate surface area is 106 Å². The molecule has 2 rings (SSSR count). The Morgan fingerprint density at radius 1 is 1.00 bits per heavy atom. The maximum Gasteiger partial charge on any atom is 0.370 e. The zero-order chi connectivity index (χ0) is 11.6. The first-order valence-electron chi connectivity index (χ1n) is 4.86. The molecule has 0 amide bonds. The topological polar surface area (TPSA) is 55.3 Å². The molecule has 0 bridgehead atoms. The van der Waals surface area contributed by atoms with Crippen LogP contribution in [0.2, 0.25) is 0 Å². The van der Waals surface area contributed by atoms with Crippen LogP contribution in [0.1, 0.15) is 0 Å². The SMILES string of the molecule is Cl.O=C(O)C[n+]1ccccc1.c1cc[nH+]cc1. The lowest BCUT2D eigenvalue weighted by atomic mass is 10.5. The van der Waals surface area contributed by atoms with Crippen molar-refractivity contribution in [1.82, 2.24) is 0 Å². The van der Waals surface area contributed by atoms with Crippen LogP contribution < -0.4 is 9.55 Å². The normalized spacial score (nSPS) is 8.24. The lowest BCUT2D eigenvalue weighted by molar-refractivity contribution is -0.685. The van der Waals surface area contributed by atoms with Gasteiger partial charge >= 0.3 is 5.97 Å². The number of carbonyl (C=O) groups is 1. The van der Waals surface area contributed by atoms with E-state index in [9.17, 15) is 4.79 Å². The molecule has 0 aliphatic heterocycles. The molecule has 2 aromatic heterocycles. The van der Waals surface area contributed by atoms with Gasteiger partial charge in [-0.1, -0.05) is 12.1 Å². The Morgan fingerprint density at radius 3 is 1.88 bits per heavy atom. The van der Waals surface area contributed by atoms with Crippen molar-refractivity contribution in [2.75, 3.05) is 0 Å². The molecule has 0 fully saturated rings. The van der Waals surface area contributed by atoms with Gasteiger partial charge in [-0.3, -0.25) is 0 Å². The molecule has 5 heteroatoms. The average Bonchev–Trinajstić information content (AvgIpc) is 2.32. The number of hydrogen-bond acceptors (Lipinski definition) is 1. The molecule has 2 heterocycles. The quantitative estimate of drug-likeness (QED) is 0.813. The lowest BCUT2D eigenvalue weighted by Gasteiger charge is -1.87. The third kappa shape index (κ3) is 7.93. The maximum atomic E-state index is 10.1. The van der Waals surface area contributed by atoms with Gasteiger partial charge in [-0.05, 0) is 0 Å². The molecule has 2 aromatic rings. The van der Waals surface area contributed by atoms with Gasteiger partial charge in [0, 0.05) is 24.3 Å². The van der Waals surface area contributed by atoms with E-state index in [4.69, 9.17) is 5.11 Å². The molecule has 90 valence electrons. The van der Waals surface area contributed by atoms with E-state index >= 15 is 0 Å². The Balaban J connectivity index is 0.000000316. The van der Waals surface area contributed by atoms with E-state index in [0.29, 0.717) is 0 Å². The number of halogens is 1. The summed E-state index contributed by atoms with van der Waals surface area (Å²) < 4.78 is 1.60. The molecule has 0 spiro atoms. The summed E-state index contributed by atoms with van der Waals surface area (Å²) in [6, 6.07) is 11.3. The summed E-state index contributed by atoms with van der Waals surface area (Å²) in [6.07, 6.45) is 7.18. The first kappa shape index (κ1) is 15.1. The van der Waals surface area contributed by atoms with Crippen molar-refractivity contribution in [1.29, 1.82) is 0 Å². The lowest BCUT2D eigenvalue weighted by Crippen LogP contribution is -2.36. The minimum absolute atomic E-state index is 0. The van der Waals surface area contributed by atoms with E-state index in [1.807, 2.05) is 36.7 Å². The zero-order valence-electron chi connectivity index (χ0n) is 9.19. The van der Waals surface area contributed by atoms with Gasteiger partial charge in [0.25, 0.3) is 0 Å². The van der Waals surface area contributed by atoms with Crippen molar-refractivity contribution in [3.8, 4) is 0 Å². The number of aliphatic carboxylic acids is 1. The fourth-order valence-electron chi connectivity index (χ4n) is 1.04. The molecule has 4 nitrogen and oxygen atoms in total. The fraction of sp³-hybridized carbons (Fsp3) is 0.0833. The smallest absolute Gasteiger partial charge is 0.370 e. The molecule has 0 aliphatic rings. The highest BCUT2D eigenvalue weighted by molar-refractivity contribution is 5.85. The highest BCUT2D eigenvalue weighted by atomic mass is 35.5. The molecular weight excluding hydrogens is 240 g/mol. The van der Waals surface area contributed by atoms with Gasteiger partial charge in [-0.25, -0.2) is 9.78 Å². The van der Waals surface area contributed by atoms with E-state index in [-0.39, 0.29) is 19.0 Å². The van der Waals surface area contributed by atoms with Crippen LogP contribution in [-0.2, 0) is 11.3 Å². The third-order valence-electron chi connectivity index (χ3n) is 1.70.